The van der Waals surface area contributed by atoms with E-state index in [1.807, 2.05) is 35.2 Å². The smallest absolute Gasteiger partial charge is 0.262 e. The number of unbranched alkanes of at least 4 members (excludes halogenated alkanes) is 2. The fraction of sp³-hybridized carbons (Fsp3) is 0.310. The number of aliphatic imine (C=N–C) groups is 1. The zero-order valence-electron chi connectivity index (χ0n) is 32.4. The van der Waals surface area contributed by atoms with E-state index in [1.54, 1.807) is 42.5 Å². The lowest BCUT2D eigenvalue weighted by molar-refractivity contribution is -0.136. The van der Waals surface area contributed by atoms with Crippen LogP contribution in [0.5, 0.6) is 5.75 Å². The highest BCUT2D eigenvalue weighted by atomic mass is 32.2. The lowest BCUT2D eigenvalue weighted by atomic mass is 10.0. The summed E-state index contributed by atoms with van der Waals surface area (Å²) in [6.07, 6.45) is 3.94. The molecule has 0 aliphatic carbocycles. The van der Waals surface area contributed by atoms with Crippen molar-refractivity contribution in [1.82, 2.24) is 20.1 Å². The van der Waals surface area contributed by atoms with E-state index < -0.39 is 39.5 Å². The number of sulfone groups is 1. The Morgan fingerprint density at radius 2 is 1.63 bits per heavy atom. The molecule has 3 aromatic carbocycles. The summed E-state index contributed by atoms with van der Waals surface area (Å²) in [4.78, 5) is 77.0. The number of fused-ring (bicyclic) bond motifs is 1. The summed E-state index contributed by atoms with van der Waals surface area (Å²) in [7, 11) is -3.30. The average molecular weight is 821 g/mol. The molecule has 306 valence electrons. The van der Waals surface area contributed by atoms with Crippen LogP contribution in [0.1, 0.15) is 59.2 Å². The molecule has 4 heterocycles. The molecule has 16 nitrogen and oxygen atoms in total. The van der Waals surface area contributed by atoms with Gasteiger partial charge in [0, 0.05) is 62.2 Å². The maximum absolute atomic E-state index is 13.1. The lowest BCUT2D eigenvalue weighted by Crippen LogP contribution is -2.54. The highest BCUT2D eigenvalue weighted by Gasteiger charge is 2.44. The van der Waals surface area contributed by atoms with E-state index in [4.69, 9.17) is 10.5 Å². The van der Waals surface area contributed by atoms with Crippen LogP contribution in [0.15, 0.2) is 94.8 Å². The van der Waals surface area contributed by atoms with Crippen LogP contribution in [0.25, 0.3) is 11.3 Å². The van der Waals surface area contributed by atoms with E-state index >= 15 is 0 Å². The van der Waals surface area contributed by atoms with E-state index in [1.165, 1.54) is 12.1 Å². The van der Waals surface area contributed by atoms with Gasteiger partial charge in [-0.15, -0.1) is 0 Å². The molecule has 59 heavy (non-hydrogen) atoms. The zero-order chi connectivity index (χ0) is 41.7. The lowest BCUT2D eigenvalue weighted by Gasteiger charge is -2.36. The molecule has 7 rings (SSSR count). The van der Waals surface area contributed by atoms with Crippen molar-refractivity contribution in [3.63, 3.8) is 0 Å². The fourth-order valence-corrected chi connectivity index (χ4v) is 7.86. The second-order valence-electron chi connectivity index (χ2n) is 14.5. The van der Waals surface area contributed by atoms with Crippen LogP contribution in [0.3, 0.4) is 0 Å². The molecule has 0 spiro atoms. The second-order valence-corrected chi connectivity index (χ2v) is 16.5. The van der Waals surface area contributed by atoms with Crippen LogP contribution >= 0.6 is 0 Å². The number of rotatable bonds is 13. The van der Waals surface area contributed by atoms with Gasteiger partial charge in [-0.2, -0.15) is 4.99 Å². The Bertz CT molecular complexity index is 2410. The van der Waals surface area contributed by atoms with Crippen LogP contribution in [-0.2, 0) is 24.2 Å². The van der Waals surface area contributed by atoms with Crippen LogP contribution in [0, 0.1) is 0 Å². The summed E-state index contributed by atoms with van der Waals surface area (Å²) in [6, 6.07) is 23.3. The summed E-state index contributed by atoms with van der Waals surface area (Å²) in [5.74, 6) is -1.12. The monoisotopic (exact) mass is 820 g/mol. The third kappa shape index (κ3) is 9.58. The number of piperidine rings is 1. The van der Waals surface area contributed by atoms with Gasteiger partial charge < -0.3 is 25.6 Å². The number of hydrogen-bond donors (Lipinski definition) is 3. The molecule has 0 radical (unpaired) electrons. The molecule has 5 amide bonds. The van der Waals surface area contributed by atoms with Gasteiger partial charge in [-0.3, -0.25) is 34.2 Å². The molecule has 17 heteroatoms. The van der Waals surface area contributed by atoms with Crippen LogP contribution in [0.2, 0.25) is 0 Å². The number of benzene rings is 3. The molecule has 3 aliphatic heterocycles. The Labute approximate surface area is 341 Å². The van der Waals surface area contributed by atoms with Gasteiger partial charge in [0.2, 0.25) is 17.7 Å². The van der Waals surface area contributed by atoms with Gasteiger partial charge in [0.15, 0.2) is 21.6 Å². The van der Waals surface area contributed by atoms with Crippen molar-refractivity contribution >= 4 is 62.5 Å². The highest BCUT2D eigenvalue weighted by molar-refractivity contribution is 7.90. The van der Waals surface area contributed by atoms with Crippen molar-refractivity contribution in [2.45, 2.75) is 49.5 Å². The van der Waals surface area contributed by atoms with Gasteiger partial charge >= 0.3 is 0 Å². The Balaban J connectivity index is 0.805. The molecule has 4 N–H and O–H groups in total. The standard InChI is InChI=1S/C42H44N8O8S/c1-59(56,57)31-16-9-27(10-17-31)34-6-5-7-36(45-34)46-42(43)44-28-11-13-29(14-12-28)48-21-23-49(24-22-48)38(52)8-3-2-4-25-58-30-15-18-32-33(26-30)41(55)50(40(32)54)35-19-20-37(51)47-39(35)53/h5-7,9-18,26,35H,2-4,8,19-25H2,1H3,(H,47,51,53)(H3,43,44,45,46). The zero-order valence-corrected chi connectivity index (χ0v) is 33.2. The molecule has 0 saturated carbocycles. The molecule has 2 saturated heterocycles. The molecule has 4 aromatic rings. The molecular formula is C42H44N8O8S. The summed E-state index contributed by atoms with van der Waals surface area (Å²) in [6.45, 7) is 3.02. The number of pyridine rings is 1. The number of imide groups is 2. The Kier molecular flexibility index (Phi) is 12.0. The fourth-order valence-electron chi connectivity index (χ4n) is 7.23. The highest BCUT2D eigenvalue weighted by Crippen LogP contribution is 2.31. The summed E-state index contributed by atoms with van der Waals surface area (Å²) in [5, 5.41) is 5.28. The summed E-state index contributed by atoms with van der Waals surface area (Å²) in [5.41, 5.74) is 9.72. The maximum atomic E-state index is 13.1. The van der Waals surface area contributed by atoms with E-state index in [0.717, 1.165) is 34.5 Å². The molecular weight excluding hydrogens is 777 g/mol. The molecule has 3 aliphatic rings. The maximum Gasteiger partial charge on any atom is 0.262 e. The van der Waals surface area contributed by atoms with Gasteiger partial charge in [-0.1, -0.05) is 18.2 Å². The normalized spacial score (nSPS) is 17.2. The minimum atomic E-state index is -3.30. The number of nitrogens with two attached hydrogens (primary N) is 1. The van der Waals surface area contributed by atoms with Crippen molar-refractivity contribution in [1.29, 1.82) is 0 Å². The molecule has 1 atom stereocenters. The van der Waals surface area contributed by atoms with Gasteiger partial charge in [-0.25, -0.2) is 13.4 Å². The van der Waals surface area contributed by atoms with E-state index in [2.05, 4.69) is 25.5 Å². The summed E-state index contributed by atoms with van der Waals surface area (Å²) >= 11 is 0. The van der Waals surface area contributed by atoms with Gasteiger partial charge in [-0.05, 0) is 92.4 Å². The first-order chi connectivity index (χ1) is 28.3. The Morgan fingerprint density at radius 1 is 0.898 bits per heavy atom. The second kappa shape index (κ2) is 17.5. The number of carbonyl (C=O) groups is 5. The average Bonchev–Trinajstić information content (AvgIpc) is 3.47. The largest absolute Gasteiger partial charge is 0.494 e. The number of aromatic nitrogens is 1. The predicted octanol–water partition coefficient (Wildman–Crippen LogP) is 3.90. The number of hydrogen-bond acceptors (Lipinski definition) is 11. The molecule has 1 aromatic heterocycles. The third-order valence-corrected chi connectivity index (χ3v) is 11.5. The minimum Gasteiger partial charge on any atom is -0.494 e. The topological polar surface area (TPSA) is 214 Å². The van der Waals surface area contributed by atoms with Crippen LogP contribution in [-0.4, -0.2) is 104 Å². The predicted molar refractivity (Wildman–Crippen MR) is 220 cm³/mol. The third-order valence-electron chi connectivity index (χ3n) is 10.4. The number of nitrogens with one attached hydrogen (secondary N) is 2. The first-order valence-corrected chi connectivity index (χ1v) is 21.2. The number of amides is 5. The van der Waals surface area contributed by atoms with Crippen LogP contribution < -0.4 is 26.0 Å². The number of nitrogens with zero attached hydrogens (tertiary/aromatic N) is 5. The first-order valence-electron chi connectivity index (χ1n) is 19.3. The van der Waals surface area contributed by atoms with Crippen molar-refractivity contribution in [2.75, 3.05) is 49.3 Å². The van der Waals surface area contributed by atoms with Crippen molar-refractivity contribution in [3.8, 4) is 17.0 Å². The summed E-state index contributed by atoms with van der Waals surface area (Å²) < 4.78 is 29.4. The number of ether oxygens (including phenoxy) is 1. The molecule has 1 unspecified atom stereocenters. The van der Waals surface area contributed by atoms with E-state index in [0.29, 0.717) is 69.3 Å². The number of carbonyl (C=O) groups excluding carboxylic acids is 5. The number of piperazine rings is 1. The number of anilines is 2. The van der Waals surface area contributed by atoms with E-state index in [9.17, 15) is 32.4 Å². The first kappa shape index (κ1) is 40.6. The van der Waals surface area contributed by atoms with Crippen molar-refractivity contribution < 1.29 is 37.1 Å². The SMILES string of the molecule is CS(=O)(=O)c1ccc(-c2cccc(N=C(N)Nc3ccc(N4CCN(C(=O)CCCCCOc5ccc6c(c5)C(=O)N(C5CCC(=O)NC5=O)C6=O)CC4)cc3)n2)cc1. The Morgan fingerprint density at radius 3 is 2.34 bits per heavy atom. The molecule has 0 bridgehead atoms. The quantitative estimate of drug-likeness (QED) is 0.0759. The molecule has 2 fully saturated rings. The van der Waals surface area contributed by atoms with Crippen molar-refractivity contribution in [3.05, 3.63) is 96.1 Å². The van der Waals surface area contributed by atoms with E-state index in [-0.39, 0.29) is 40.7 Å². The van der Waals surface area contributed by atoms with Crippen molar-refractivity contribution in [2.24, 2.45) is 10.7 Å². The number of guanidine groups is 1. The van der Waals surface area contributed by atoms with Crippen LogP contribution in [0.4, 0.5) is 17.2 Å². The van der Waals surface area contributed by atoms with Gasteiger partial charge in [0.25, 0.3) is 11.8 Å². The van der Waals surface area contributed by atoms with Gasteiger partial charge in [0.05, 0.1) is 28.3 Å². The Hall–Kier alpha value is -6.62. The van der Waals surface area contributed by atoms with Gasteiger partial charge in [0.1, 0.15) is 11.8 Å². The minimum absolute atomic E-state index is 0.0554.